The largest absolute Gasteiger partial charge is 0.363 e. The quantitative estimate of drug-likeness (QED) is 0.923. The molecule has 0 spiro atoms. The van der Waals surface area contributed by atoms with Gasteiger partial charge in [0.2, 0.25) is 0 Å². The molecule has 1 N–H and O–H groups in total. The highest BCUT2D eigenvalue weighted by Crippen LogP contribution is 2.17. The van der Waals surface area contributed by atoms with Gasteiger partial charge in [-0.05, 0) is 34.1 Å². The molecule has 0 atom stereocenters. The van der Waals surface area contributed by atoms with Crippen LogP contribution < -0.4 is 5.32 Å². The topological polar surface area (TPSA) is 55.1 Å². The average Bonchev–Trinajstić information content (AvgIpc) is 2.74. The molecule has 1 heterocycles. The third-order valence-electron chi connectivity index (χ3n) is 1.87. The predicted molar refractivity (Wildman–Crippen MR) is 58.6 cm³/mol. The number of benzene rings is 1. The average molecular weight is 285 g/mol. The van der Waals surface area contributed by atoms with E-state index in [1.807, 2.05) is 0 Å². The monoisotopic (exact) mass is 284 g/mol. The molecule has 0 bridgehead atoms. The lowest BCUT2D eigenvalue weighted by Gasteiger charge is -2.02. The van der Waals surface area contributed by atoms with Gasteiger partial charge in [0, 0.05) is 5.56 Å². The number of halogens is 2. The molecule has 0 aliphatic carbocycles. The maximum Gasteiger partial charge on any atom is 0.255 e. The Hall–Kier alpha value is -1.69. The normalized spacial score (nSPS) is 10.1. The number of carbonyl (C=O) groups is 1. The second kappa shape index (κ2) is 4.44. The van der Waals surface area contributed by atoms with Gasteiger partial charge in [-0.3, -0.25) is 4.79 Å². The van der Waals surface area contributed by atoms with Crippen LogP contribution in [0.4, 0.5) is 10.1 Å². The van der Waals surface area contributed by atoms with Gasteiger partial charge >= 0.3 is 0 Å². The molecular weight excluding hydrogens is 279 g/mol. The summed E-state index contributed by atoms with van der Waals surface area (Å²) in [6.07, 6.45) is 2.67. The summed E-state index contributed by atoms with van der Waals surface area (Å²) in [5.74, 6) is -0.773. The third kappa shape index (κ3) is 2.27. The summed E-state index contributed by atoms with van der Waals surface area (Å²) < 4.78 is 17.7. The van der Waals surface area contributed by atoms with E-state index in [2.05, 4.69) is 30.9 Å². The van der Waals surface area contributed by atoms with Gasteiger partial charge in [-0.1, -0.05) is 5.16 Å². The van der Waals surface area contributed by atoms with Gasteiger partial charge in [-0.15, -0.1) is 0 Å². The van der Waals surface area contributed by atoms with Gasteiger partial charge in [0.1, 0.15) is 17.8 Å². The first-order valence-electron chi connectivity index (χ1n) is 4.32. The molecule has 1 aromatic carbocycles. The van der Waals surface area contributed by atoms with Gasteiger partial charge in [-0.2, -0.15) is 0 Å². The molecule has 16 heavy (non-hydrogen) atoms. The van der Waals surface area contributed by atoms with Crippen LogP contribution in [0.1, 0.15) is 10.4 Å². The number of carbonyl (C=O) groups excluding carboxylic acids is 1. The SMILES string of the molecule is O=C(Nc1cnoc1)c1ccc(F)c(Br)c1. The van der Waals surface area contributed by atoms with E-state index >= 15 is 0 Å². The molecule has 0 fully saturated rings. The minimum Gasteiger partial charge on any atom is -0.363 e. The van der Waals surface area contributed by atoms with E-state index in [1.165, 1.54) is 30.7 Å². The zero-order chi connectivity index (χ0) is 11.5. The van der Waals surface area contributed by atoms with Crippen LogP contribution in [-0.2, 0) is 0 Å². The fourth-order valence-corrected chi connectivity index (χ4v) is 1.49. The van der Waals surface area contributed by atoms with E-state index in [0.717, 1.165) is 0 Å². The Morgan fingerprint density at radius 3 is 2.94 bits per heavy atom. The molecule has 0 unspecified atom stereocenters. The molecular formula is C10H6BrFN2O2. The van der Waals surface area contributed by atoms with Crippen molar-refractivity contribution in [3.05, 3.63) is 46.5 Å². The fraction of sp³-hybridized carbons (Fsp3) is 0. The zero-order valence-electron chi connectivity index (χ0n) is 7.91. The fourth-order valence-electron chi connectivity index (χ4n) is 1.11. The van der Waals surface area contributed by atoms with E-state index in [-0.39, 0.29) is 10.4 Å². The van der Waals surface area contributed by atoms with Crippen LogP contribution in [0.5, 0.6) is 0 Å². The molecule has 1 aromatic heterocycles. The van der Waals surface area contributed by atoms with Crippen molar-refractivity contribution in [1.82, 2.24) is 5.16 Å². The molecule has 0 aliphatic heterocycles. The molecule has 0 saturated heterocycles. The number of aromatic nitrogens is 1. The predicted octanol–water partition coefficient (Wildman–Crippen LogP) is 2.83. The Morgan fingerprint density at radius 1 is 1.50 bits per heavy atom. The standard InChI is InChI=1S/C10H6BrFN2O2/c11-8-3-6(1-2-9(8)12)10(15)14-7-4-13-16-5-7/h1-5H,(H,14,15). The number of amides is 1. The first kappa shape index (κ1) is 10.8. The lowest BCUT2D eigenvalue weighted by molar-refractivity contribution is 0.102. The van der Waals surface area contributed by atoms with E-state index in [1.54, 1.807) is 0 Å². The molecule has 2 aromatic rings. The zero-order valence-corrected chi connectivity index (χ0v) is 9.49. The van der Waals surface area contributed by atoms with Crippen LogP contribution in [0.25, 0.3) is 0 Å². The summed E-state index contributed by atoms with van der Waals surface area (Å²) in [5.41, 5.74) is 0.792. The van der Waals surface area contributed by atoms with Gasteiger partial charge in [-0.25, -0.2) is 4.39 Å². The lowest BCUT2D eigenvalue weighted by atomic mass is 10.2. The molecule has 0 saturated carbocycles. The van der Waals surface area contributed by atoms with E-state index in [4.69, 9.17) is 0 Å². The van der Waals surface area contributed by atoms with E-state index < -0.39 is 5.82 Å². The van der Waals surface area contributed by atoms with Crippen LogP contribution >= 0.6 is 15.9 Å². The van der Waals surface area contributed by atoms with Crippen LogP contribution in [0.3, 0.4) is 0 Å². The van der Waals surface area contributed by atoms with Crippen molar-refractivity contribution >= 4 is 27.5 Å². The summed E-state index contributed by atoms with van der Waals surface area (Å²) in [7, 11) is 0. The molecule has 1 amide bonds. The lowest BCUT2D eigenvalue weighted by Crippen LogP contribution is -2.11. The second-order valence-electron chi connectivity index (χ2n) is 3.00. The Morgan fingerprint density at radius 2 is 2.31 bits per heavy atom. The van der Waals surface area contributed by atoms with Crippen molar-refractivity contribution in [2.24, 2.45) is 0 Å². The molecule has 4 nitrogen and oxygen atoms in total. The van der Waals surface area contributed by atoms with Crippen molar-refractivity contribution in [3.8, 4) is 0 Å². The van der Waals surface area contributed by atoms with Gasteiger partial charge in [0.05, 0.1) is 10.7 Å². The third-order valence-corrected chi connectivity index (χ3v) is 2.48. The summed E-state index contributed by atoms with van der Waals surface area (Å²) in [5, 5.41) is 5.99. The van der Waals surface area contributed by atoms with Crippen LogP contribution in [0.15, 0.2) is 39.7 Å². The summed E-state index contributed by atoms with van der Waals surface area (Å²) in [6, 6.07) is 4.01. The number of nitrogens with zero attached hydrogens (tertiary/aromatic N) is 1. The first-order chi connectivity index (χ1) is 7.66. The van der Waals surface area contributed by atoms with Crippen molar-refractivity contribution < 1.29 is 13.7 Å². The molecule has 2 rings (SSSR count). The summed E-state index contributed by atoms with van der Waals surface area (Å²) in [6.45, 7) is 0. The van der Waals surface area contributed by atoms with E-state index in [9.17, 15) is 9.18 Å². The van der Waals surface area contributed by atoms with Crippen LogP contribution in [0, 0.1) is 5.82 Å². The highest BCUT2D eigenvalue weighted by atomic mass is 79.9. The molecule has 0 aliphatic rings. The van der Waals surface area contributed by atoms with Crippen molar-refractivity contribution in [2.75, 3.05) is 5.32 Å². The first-order valence-corrected chi connectivity index (χ1v) is 5.12. The van der Waals surface area contributed by atoms with Crippen molar-refractivity contribution in [3.63, 3.8) is 0 Å². The maximum absolute atomic E-state index is 12.9. The summed E-state index contributed by atoms with van der Waals surface area (Å²) >= 11 is 3.01. The molecule has 6 heteroatoms. The smallest absolute Gasteiger partial charge is 0.255 e. The molecule has 0 radical (unpaired) electrons. The Labute approximate surface area is 98.6 Å². The van der Waals surface area contributed by atoms with E-state index in [0.29, 0.717) is 11.3 Å². The Kier molecular flexibility index (Phi) is 3.00. The number of nitrogens with one attached hydrogen (secondary N) is 1. The van der Waals surface area contributed by atoms with Crippen molar-refractivity contribution in [2.45, 2.75) is 0 Å². The highest BCUT2D eigenvalue weighted by Gasteiger charge is 2.09. The Balaban J connectivity index is 2.18. The number of hydrogen-bond donors (Lipinski definition) is 1. The minimum absolute atomic E-state index is 0.241. The maximum atomic E-state index is 12.9. The highest BCUT2D eigenvalue weighted by molar-refractivity contribution is 9.10. The Bertz CT molecular complexity index is 514. The van der Waals surface area contributed by atoms with Crippen LogP contribution in [0.2, 0.25) is 0 Å². The van der Waals surface area contributed by atoms with Crippen LogP contribution in [-0.4, -0.2) is 11.1 Å². The second-order valence-corrected chi connectivity index (χ2v) is 3.85. The summed E-state index contributed by atoms with van der Waals surface area (Å²) in [4.78, 5) is 11.7. The molecule has 82 valence electrons. The number of anilines is 1. The van der Waals surface area contributed by atoms with Crippen molar-refractivity contribution in [1.29, 1.82) is 0 Å². The van der Waals surface area contributed by atoms with Gasteiger partial charge in [0.25, 0.3) is 5.91 Å². The van der Waals surface area contributed by atoms with Gasteiger partial charge in [0.15, 0.2) is 0 Å². The number of rotatable bonds is 2. The number of hydrogen-bond acceptors (Lipinski definition) is 3. The van der Waals surface area contributed by atoms with Gasteiger partial charge < -0.3 is 9.84 Å². The minimum atomic E-state index is -0.415.